The lowest BCUT2D eigenvalue weighted by atomic mass is 10.1. The maximum Gasteiger partial charge on any atom is 0.412 e. The van der Waals surface area contributed by atoms with Gasteiger partial charge < -0.3 is 25.8 Å². The molecule has 0 fully saturated rings. The Morgan fingerprint density at radius 3 is 2.53 bits per heavy atom. The molecular formula is C21H25N5O4. The summed E-state index contributed by atoms with van der Waals surface area (Å²) in [5.41, 5.74) is 3.95. The summed E-state index contributed by atoms with van der Waals surface area (Å²) in [6.45, 7) is 5.96. The van der Waals surface area contributed by atoms with Crippen molar-refractivity contribution in [2.45, 2.75) is 39.1 Å². The van der Waals surface area contributed by atoms with Gasteiger partial charge in [-0.25, -0.2) is 9.59 Å². The van der Waals surface area contributed by atoms with Gasteiger partial charge in [0.1, 0.15) is 5.60 Å². The van der Waals surface area contributed by atoms with Crippen LogP contribution in [0.1, 0.15) is 26.3 Å². The molecule has 0 spiro atoms. The minimum atomic E-state index is -0.833. The quantitative estimate of drug-likeness (QED) is 0.514. The molecule has 2 aliphatic heterocycles. The molecule has 0 aromatic heterocycles. The average Bonchev–Trinajstić information content (AvgIpc) is 3.21. The van der Waals surface area contributed by atoms with E-state index in [1.54, 1.807) is 29.2 Å². The molecule has 4 rings (SSSR count). The van der Waals surface area contributed by atoms with Crippen LogP contribution in [0.3, 0.4) is 0 Å². The Balaban J connectivity index is 1.42. The van der Waals surface area contributed by atoms with Gasteiger partial charge in [-0.2, -0.15) is 0 Å². The minimum Gasteiger partial charge on any atom is -0.444 e. The summed E-state index contributed by atoms with van der Waals surface area (Å²) in [5.74, 6) is 0. The standard InChI is InChI=1S/C21H25N5O4/c1-21(2,3)30-20(29)23-13-5-7-17-12(10-13)8-9-26(17)19(28)22-14-4-6-15-16(11-14)25-18(27)24-15/h4-7,10-11,18,24-25,27H,8-9H2,1-3H3,(H,22,28)(H,23,29). The van der Waals surface area contributed by atoms with Crippen molar-refractivity contribution in [3.8, 4) is 0 Å². The third-order valence-electron chi connectivity index (χ3n) is 4.72. The molecule has 2 aliphatic rings. The number of hydrogen-bond acceptors (Lipinski definition) is 6. The first-order valence-corrected chi connectivity index (χ1v) is 9.75. The van der Waals surface area contributed by atoms with Gasteiger partial charge >= 0.3 is 12.1 Å². The van der Waals surface area contributed by atoms with Gasteiger partial charge in [0.2, 0.25) is 6.35 Å². The van der Waals surface area contributed by atoms with Crippen LogP contribution in [0, 0.1) is 0 Å². The second-order valence-corrected chi connectivity index (χ2v) is 8.25. The van der Waals surface area contributed by atoms with Gasteiger partial charge in [-0.3, -0.25) is 10.2 Å². The Morgan fingerprint density at radius 1 is 1.07 bits per heavy atom. The molecule has 30 heavy (non-hydrogen) atoms. The number of amides is 3. The van der Waals surface area contributed by atoms with E-state index >= 15 is 0 Å². The number of nitrogens with zero attached hydrogens (tertiary/aromatic N) is 1. The topological polar surface area (TPSA) is 115 Å². The maximum atomic E-state index is 12.8. The van der Waals surface area contributed by atoms with Crippen molar-refractivity contribution in [1.29, 1.82) is 0 Å². The first-order chi connectivity index (χ1) is 14.2. The van der Waals surface area contributed by atoms with Crippen LogP contribution in [0.4, 0.5) is 38.0 Å². The molecular weight excluding hydrogens is 386 g/mol. The van der Waals surface area contributed by atoms with Crippen molar-refractivity contribution in [2.75, 3.05) is 32.7 Å². The van der Waals surface area contributed by atoms with E-state index in [9.17, 15) is 14.7 Å². The number of aliphatic hydroxyl groups is 1. The zero-order valence-electron chi connectivity index (χ0n) is 17.1. The third-order valence-corrected chi connectivity index (χ3v) is 4.72. The Hall–Kier alpha value is -3.46. The van der Waals surface area contributed by atoms with Crippen molar-refractivity contribution in [3.63, 3.8) is 0 Å². The summed E-state index contributed by atoms with van der Waals surface area (Å²) < 4.78 is 5.28. The summed E-state index contributed by atoms with van der Waals surface area (Å²) in [6, 6.07) is 10.5. The lowest BCUT2D eigenvalue weighted by Gasteiger charge is -2.20. The van der Waals surface area contributed by atoms with Crippen molar-refractivity contribution >= 4 is 40.6 Å². The number of benzene rings is 2. The van der Waals surface area contributed by atoms with Crippen LogP contribution in [0.5, 0.6) is 0 Å². The summed E-state index contributed by atoms with van der Waals surface area (Å²) >= 11 is 0. The second-order valence-electron chi connectivity index (χ2n) is 8.25. The number of aliphatic hydroxyl groups excluding tert-OH is 1. The number of anilines is 5. The van der Waals surface area contributed by atoms with Crippen LogP contribution in [-0.2, 0) is 11.2 Å². The highest BCUT2D eigenvalue weighted by molar-refractivity contribution is 6.04. The average molecular weight is 411 g/mol. The van der Waals surface area contributed by atoms with Crippen LogP contribution >= 0.6 is 0 Å². The Kier molecular flexibility index (Phi) is 4.90. The Bertz CT molecular complexity index is 1000. The van der Waals surface area contributed by atoms with E-state index in [4.69, 9.17) is 4.74 Å². The molecule has 3 amide bonds. The SMILES string of the molecule is CC(C)(C)OC(=O)Nc1ccc2c(c1)CCN2C(=O)Nc1ccc2c(c1)NC(O)N2. The molecule has 0 aliphatic carbocycles. The summed E-state index contributed by atoms with van der Waals surface area (Å²) in [4.78, 5) is 26.4. The van der Waals surface area contributed by atoms with Crippen molar-refractivity contribution in [2.24, 2.45) is 0 Å². The molecule has 2 aromatic rings. The van der Waals surface area contributed by atoms with Crippen molar-refractivity contribution < 1.29 is 19.4 Å². The highest BCUT2D eigenvalue weighted by atomic mass is 16.6. The molecule has 1 atom stereocenters. The van der Waals surface area contributed by atoms with E-state index in [1.807, 2.05) is 32.9 Å². The van der Waals surface area contributed by atoms with Gasteiger partial charge in [0.25, 0.3) is 0 Å². The van der Waals surface area contributed by atoms with Crippen LogP contribution < -0.4 is 26.2 Å². The van der Waals surface area contributed by atoms with E-state index < -0.39 is 18.0 Å². The largest absolute Gasteiger partial charge is 0.444 e. The lowest BCUT2D eigenvalue weighted by Crippen LogP contribution is -2.33. The number of nitrogens with one attached hydrogen (secondary N) is 4. The molecule has 5 N–H and O–H groups in total. The van der Waals surface area contributed by atoms with E-state index in [0.29, 0.717) is 24.3 Å². The highest BCUT2D eigenvalue weighted by Crippen LogP contribution is 2.33. The molecule has 0 bridgehead atoms. The Morgan fingerprint density at radius 2 is 1.77 bits per heavy atom. The molecule has 1 unspecified atom stereocenters. The van der Waals surface area contributed by atoms with E-state index in [0.717, 1.165) is 22.6 Å². The first-order valence-electron chi connectivity index (χ1n) is 9.75. The number of urea groups is 1. The van der Waals surface area contributed by atoms with E-state index in [-0.39, 0.29) is 6.03 Å². The fourth-order valence-corrected chi connectivity index (χ4v) is 3.50. The van der Waals surface area contributed by atoms with E-state index in [2.05, 4.69) is 21.3 Å². The maximum absolute atomic E-state index is 12.8. The van der Waals surface area contributed by atoms with Gasteiger partial charge in [-0.1, -0.05) is 0 Å². The number of carbonyl (C=O) groups is 2. The molecule has 2 heterocycles. The summed E-state index contributed by atoms with van der Waals surface area (Å²) in [6.07, 6.45) is -0.658. The molecule has 0 saturated heterocycles. The number of rotatable bonds is 2. The summed E-state index contributed by atoms with van der Waals surface area (Å²) in [7, 11) is 0. The van der Waals surface area contributed by atoms with Gasteiger partial charge in [0.05, 0.1) is 11.4 Å². The smallest absolute Gasteiger partial charge is 0.412 e. The number of carbonyl (C=O) groups excluding carboxylic acids is 2. The number of ether oxygens (including phenoxy) is 1. The van der Waals surface area contributed by atoms with Crippen molar-refractivity contribution in [3.05, 3.63) is 42.0 Å². The molecule has 9 heteroatoms. The highest BCUT2D eigenvalue weighted by Gasteiger charge is 2.26. The van der Waals surface area contributed by atoms with Gasteiger partial charge in [-0.05, 0) is 69.2 Å². The zero-order chi connectivity index (χ0) is 21.5. The normalized spacial score (nSPS) is 16.8. The van der Waals surface area contributed by atoms with Crippen LogP contribution in [0.15, 0.2) is 36.4 Å². The summed E-state index contributed by atoms with van der Waals surface area (Å²) in [5, 5.41) is 20.9. The Labute approximate surface area is 174 Å². The second kappa shape index (κ2) is 7.42. The van der Waals surface area contributed by atoms with E-state index in [1.165, 1.54) is 0 Å². The predicted octanol–water partition coefficient (Wildman–Crippen LogP) is 3.74. The van der Waals surface area contributed by atoms with Gasteiger partial charge in [0, 0.05) is 23.6 Å². The van der Waals surface area contributed by atoms with Crippen LogP contribution in [0.2, 0.25) is 0 Å². The third kappa shape index (κ3) is 4.25. The minimum absolute atomic E-state index is 0.243. The lowest BCUT2D eigenvalue weighted by molar-refractivity contribution is 0.0636. The molecule has 0 saturated carbocycles. The van der Waals surface area contributed by atoms with Crippen molar-refractivity contribution in [1.82, 2.24) is 0 Å². The van der Waals surface area contributed by atoms with Gasteiger partial charge in [-0.15, -0.1) is 0 Å². The fraction of sp³-hybridized carbons (Fsp3) is 0.333. The first kappa shape index (κ1) is 19.8. The zero-order valence-corrected chi connectivity index (χ0v) is 17.1. The number of hydrogen-bond donors (Lipinski definition) is 5. The molecule has 158 valence electrons. The van der Waals surface area contributed by atoms with Crippen LogP contribution in [0.25, 0.3) is 0 Å². The molecule has 9 nitrogen and oxygen atoms in total. The molecule has 2 aromatic carbocycles. The van der Waals surface area contributed by atoms with Crippen LogP contribution in [-0.4, -0.2) is 35.7 Å². The fourth-order valence-electron chi connectivity index (χ4n) is 3.50. The predicted molar refractivity (Wildman–Crippen MR) is 116 cm³/mol. The number of fused-ring (bicyclic) bond motifs is 2. The monoisotopic (exact) mass is 411 g/mol. The van der Waals surface area contributed by atoms with Gasteiger partial charge in [0.15, 0.2) is 0 Å². The molecule has 0 radical (unpaired) electrons.